The Bertz CT molecular complexity index is 712. The van der Waals surface area contributed by atoms with Crippen LogP contribution in [-0.4, -0.2) is 50.2 Å². The zero-order valence-corrected chi connectivity index (χ0v) is 18.6. The molecule has 2 amide bonds. The third-order valence-electron chi connectivity index (χ3n) is 4.74. The van der Waals surface area contributed by atoms with E-state index in [2.05, 4.69) is 24.5 Å². The molecule has 0 saturated heterocycles. The molecule has 3 N–H and O–H groups in total. The van der Waals surface area contributed by atoms with E-state index < -0.39 is 0 Å². The maximum absolute atomic E-state index is 12.7. The van der Waals surface area contributed by atoms with E-state index in [1.807, 2.05) is 45.9 Å². The van der Waals surface area contributed by atoms with Gasteiger partial charge in [-0.2, -0.15) is 0 Å². The molecule has 7 nitrogen and oxygen atoms in total. The molecule has 29 heavy (non-hydrogen) atoms. The fourth-order valence-corrected chi connectivity index (χ4v) is 3.34. The smallest absolute Gasteiger partial charge is 0.275 e. The highest BCUT2D eigenvalue weighted by Crippen LogP contribution is 2.34. The first-order valence-corrected chi connectivity index (χ1v) is 10.4. The van der Waals surface area contributed by atoms with E-state index in [1.54, 1.807) is 0 Å². The third kappa shape index (κ3) is 7.24. The van der Waals surface area contributed by atoms with Crippen LogP contribution in [0.4, 0.5) is 0 Å². The molecule has 1 unspecified atom stereocenters. The summed E-state index contributed by atoms with van der Waals surface area (Å²) in [6.45, 7) is 14.3. The van der Waals surface area contributed by atoms with Crippen molar-refractivity contribution in [2.75, 3.05) is 32.8 Å². The minimum absolute atomic E-state index is 0.0469. The molecule has 162 valence electrons. The summed E-state index contributed by atoms with van der Waals surface area (Å²) in [6, 6.07) is 5.67. The van der Waals surface area contributed by atoms with Gasteiger partial charge in [-0.15, -0.1) is 0 Å². The Morgan fingerprint density at radius 3 is 2.28 bits per heavy atom. The fraction of sp³-hybridized carbons (Fsp3) is 0.636. The molecule has 0 spiro atoms. The molecule has 1 aliphatic rings. The van der Waals surface area contributed by atoms with Crippen LogP contribution in [0.5, 0.6) is 11.5 Å². The number of hydrogen-bond acceptors (Lipinski definition) is 4. The van der Waals surface area contributed by atoms with Crippen molar-refractivity contribution in [3.8, 4) is 11.5 Å². The Morgan fingerprint density at radius 2 is 1.69 bits per heavy atom. The van der Waals surface area contributed by atoms with Crippen LogP contribution in [0, 0.1) is 5.92 Å². The highest BCUT2D eigenvalue weighted by atomic mass is 16.6. The molecule has 2 atom stereocenters. The van der Waals surface area contributed by atoms with Crippen molar-refractivity contribution in [2.45, 2.75) is 53.1 Å². The van der Waals surface area contributed by atoms with Gasteiger partial charge in [0.25, 0.3) is 11.8 Å². The zero-order chi connectivity index (χ0) is 21.6. The second-order valence-corrected chi connectivity index (χ2v) is 8.95. The van der Waals surface area contributed by atoms with E-state index >= 15 is 0 Å². The number of fused-ring (bicyclic) bond motifs is 1. The molecule has 0 bridgehead atoms. The molecular formula is C22H36N3O4+. The van der Waals surface area contributed by atoms with Crippen molar-refractivity contribution >= 4 is 11.8 Å². The molecule has 0 radical (unpaired) electrons. The first-order valence-electron chi connectivity index (χ1n) is 10.4. The van der Waals surface area contributed by atoms with Gasteiger partial charge in [-0.05, 0) is 51.3 Å². The summed E-state index contributed by atoms with van der Waals surface area (Å²) in [4.78, 5) is 25.9. The Hall–Kier alpha value is -2.28. The molecule has 1 heterocycles. The van der Waals surface area contributed by atoms with Gasteiger partial charge in [0, 0.05) is 5.54 Å². The van der Waals surface area contributed by atoms with Crippen LogP contribution in [-0.2, 0) is 9.59 Å². The van der Waals surface area contributed by atoms with Crippen LogP contribution in [0.3, 0.4) is 0 Å². The van der Waals surface area contributed by atoms with Gasteiger partial charge in [-0.25, -0.2) is 0 Å². The Labute approximate surface area is 174 Å². The van der Waals surface area contributed by atoms with Gasteiger partial charge >= 0.3 is 0 Å². The summed E-state index contributed by atoms with van der Waals surface area (Å²) in [5, 5.41) is 6.09. The van der Waals surface area contributed by atoms with Gasteiger partial charge in [0.1, 0.15) is 13.2 Å². The van der Waals surface area contributed by atoms with E-state index in [1.165, 1.54) is 0 Å². The summed E-state index contributed by atoms with van der Waals surface area (Å²) < 4.78 is 11.3. The molecule has 0 aliphatic carbocycles. The Morgan fingerprint density at radius 1 is 1.07 bits per heavy atom. The summed E-state index contributed by atoms with van der Waals surface area (Å²) in [5.74, 6) is 1.54. The highest BCUT2D eigenvalue weighted by molar-refractivity contribution is 5.79. The van der Waals surface area contributed by atoms with Crippen molar-refractivity contribution in [3.05, 3.63) is 23.8 Å². The third-order valence-corrected chi connectivity index (χ3v) is 4.74. The second kappa shape index (κ2) is 9.96. The first kappa shape index (κ1) is 23.0. The van der Waals surface area contributed by atoms with Crippen molar-refractivity contribution < 1.29 is 24.0 Å². The summed E-state index contributed by atoms with van der Waals surface area (Å²) in [5.41, 5.74) is 0.709. The summed E-state index contributed by atoms with van der Waals surface area (Å²) in [6.07, 6.45) is 0. The maximum atomic E-state index is 12.7. The van der Waals surface area contributed by atoms with Gasteiger partial charge in [0.2, 0.25) is 0 Å². The first-order chi connectivity index (χ1) is 13.6. The number of carbonyl (C=O) groups excluding carboxylic acids is 2. The number of benzene rings is 1. The number of nitrogens with one attached hydrogen (secondary N) is 3. The molecule has 1 aromatic rings. The van der Waals surface area contributed by atoms with E-state index in [-0.39, 0.29) is 42.4 Å². The number of carbonyl (C=O) groups is 2. The molecule has 0 fully saturated rings. The van der Waals surface area contributed by atoms with Crippen molar-refractivity contribution in [2.24, 2.45) is 5.92 Å². The number of amides is 2. The minimum atomic E-state index is -0.279. The molecular weight excluding hydrogens is 370 g/mol. The number of ether oxygens (including phenoxy) is 2. The average molecular weight is 407 g/mol. The number of quaternary nitrogens is 1. The van der Waals surface area contributed by atoms with Crippen LogP contribution in [0.1, 0.15) is 53.1 Å². The minimum Gasteiger partial charge on any atom is -0.486 e. The monoisotopic (exact) mass is 406 g/mol. The topological polar surface area (TPSA) is 81.1 Å². The van der Waals surface area contributed by atoms with Gasteiger partial charge in [0.15, 0.2) is 24.6 Å². The number of likely N-dealkylation sites (N-methyl/N-ethyl adjacent to an activating group) is 1. The van der Waals surface area contributed by atoms with E-state index in [9.17, 15) is 9.59 Å². The number of hydrogen-bond donors (Lipinski definition) is 3. The largest absolute Gasteiger partial charge is 0.486 e. The van der Waals surface area contributed by atoms with Crippen molar-refractivity contribution in [3.63, 3.8) is 0 Å². The van der Waals surface area contributed by atoms with Crippen LogP contribution in [0.2, 0.25) is 0 Å². The lowest BCUT2D eigenvalue weighted by Gasteiger charge is -2.26. The van der Waals surface area contributed by atoms with Gasteiger partial charge in [-0.1, -0.05) is 19.9 Å². The lowest BCUT2D eigenvalue weighted by Crippen LogP contribution is -3.14. The van der Waals surface area contributed by atoms with Crippen LogP contribution < -0.4 is 25.0 Å². The van der Waals surface area contributed by atoms with Gasteiger partial charge in [-0.3, -0.25) is 9.59 Å². The Balaban J connectivity index is 2.00. The highest BCUT2D eigenvalue weighted by Gasteiger charge is 2.25. The molecule has 1 aliphatic heterocycles. The number of rotatable bonds is 8. The Kier molecular flexibility index (Phi) is 7.90. The molecule has 2 rings (SSSR count). The predicted molar refractivity (Wildman–Crippen MR) is 112 cm³/mol. The maximum Gasteiger partial charge on any atom is 0.275 e. The standard InChI is InChI=1S/C22H35N3O4/c1-7-25(14-20(27)24-22(4,5)6)13-19(26)23-21(15(2)3)16-8-9-17-18(12-16)29-11-10-28-17/h8-9,12,15,21H,7,10-11,13-14H2,1-6H3,(H,23,26)(H,24,27)/p+1/t21-/m1/s1. The van der Waals surface area contributed by atoms with E-state index in [0.29, 0.717) is 25.5 Å². The van der Waals surface area contributed by atoms with Gasteiger partial charge in [0.05, 0.1) is 12.6 Å². The molecule has 7 heteroatoms. The molecule has 0 saturated carbocycles. The lowest BCUT2D eigenvalue weighted by atomic mass is 9.95. The van der Waals surface area contributed by atoms with Crippen molar-refractivity contribution in [1.82, 2.24) is 10.6 Å². The van der Waals surface area contributed by atoms with Crippen LogP contribution in [0.15, 0.2) is 18.2 Å². The summed E-state index contributed by atoms with van der Waals surface area (Å²) >= 11 is 0. The summed E-state index contributed by atoms with van der Waals surface area (Å²) in [7, 11) is 0. The van der Waals surface area contributed by atoms with E-state index in [0.717, 1.165) is 16.2 Å². The predicted octanol–water partition coefficient (Wildman–Crippen LogP) is 1.09. The van der Waals surface area contributed by atoms with Gasteiger partial charge < -0.3 is 25.0 Å². The second-order valence-electron chi connectivity index (χ2n) is 8.95. The quantitative estimate of drug-likeness (QED) is 0.604. The normalized spacial score (nSPS) is 15.6. The van der Waals surface area contributed by atoms with Crippen LogP contribution >= 0.6 is 0 Å². The fourth-order valence-electron chi connectivity index (χ4n) is 3.34. The molecule has 1 aromatic carbocycles. The van der Waals surface area contributed by atoms with Crippen LogP contribution in [0.25, 0.3) is 0 Å². The van der Waals surface area contributed by atoms with Crippen molar-refractivity contribution in [1.29, 1.82) is 0 Å². The van der Waals surface area contributed by atoms with E-state index in [4.69, 9.17) is 9.47 Å². The lowest BCUT2D eigenvalue weighted by molar-refractivity contribution is -0.881. The zero-order valence-electron chi connectivity index (χ0n) is 18.6. The average Bonchev–Trinajstić information content (AvgIpc) is 2.63. The SMILES string of the molecule is CC[NH+](CC(=O)N[C@@H](c1ccc2c(c1)OCCO2)C(C)C)CC(=O)NC(C)(C)C. The molecule has 0 aromatic heterocycles.